The zero-order chi connectivity index (χ0) is 10.7. The first kappa shape index (κ1) is 10.3. The molecular weight excluding hydrogens is 206 g/mol. The highest BCUT2D eigenvalue weighted by molar-refractivity contribution is 7.98. The first-order valence-corrected chi connectivity index (χ1v) is 6.21. The molecule has 0 saturated carbocycles. The van der Waals surface area contributed by atoms with Crippen LogP contribution in [0.5, 0.6) is 0 Å². The van der Waals surface area contributed by atoms with E-state index in [1.165, 1.54) is 5.56 Å². The number of aromatic nitrogens is 1. The molecule has 0 aliphatic carbocycles. The minimum atomic E-state index is 0.852. The van der Waals surface area contributed by atoms with Gasteiger partial charge in [0.05, 0.1) is 11.6 Å². The van der Waals surface area contributed by atoms with Crippen LogP contribution in [0.15, 0.2) is 46.0 Å². The number of benzene rings is 1. The van der Waals surface area contributed by atoms with Crippen molar-refractivity contribution >= 4 is 11.8 Å². The van der Waals surface area contributed by atoms with Gasteiger partial charge in [0.2, 0.25) is 5.09 Å². The van der Waals surface area contributed by atoms with E-state index in [9.17, 15) is 0 Å². The molecule has 2 aromatic rings. The summed E-state index contributed by atoms with van der Waals surface area (Å²) in [6, 6.07) is 12.4. The summed E-state index contributed by atoms with van der Waals surface area (Å²) in [5, 5.41) is 0.954. The number of hydrogen-bond acceptors (Lipinski definition) is 2. The zero-order valence-electron chi connectivity index (χ0n) is 8.93. The number of nitrogens with zero attached hydrogens (tertiary/aromatic N) is 1. The Balaban J connectivity index is 2.47. The Morgan fingerprint density at radius 3 is 2.60 bits per heavy atom. The van der Waals surface area contributed by atoms with E-state index in [-0.39, 0.29) is 0 Å². The van der Waals surface area contributed by atoms with Crippen LogP contribution < -0.4 is 4.74 Å². The molecule has 1 heterocycles. The summed E-state index contributed by atoms with van der Waals surface area (Å²) in [6.07, 6.45) is 2.02. The molecule has 0 aliphatic rings. The van der Waals surface area contributed by atoms with Gasteiger partial charge in [-0.15, -0.1) is 0 Å². The van der Waals surface area contributed by atoms with Crippen molar-refractivity contribution in [1.29, 1.82) is 0 Å². The molecule has 0 fully saturated rings. The van der Waals surface area contributed by atoms with Crippen LogP contribution in [0.1, 0.15) is 6.92 Å². The van der Waals surface area contributed by atoms with Gasteiger partial charge in [0.25, 0.3) is 5.69 Å². The quantitative estimate of drug-likeness (QED) is 0.584. The molecule has 0 amide bonds. The fourth-order valence-electron chi connectivity index (χ4n) is 1.54. The summed E-state index contributed by atoms with van der Waals surface area (Å²) in [4.78, 5) is 0. The third-order valence-corrected chi connectivity index (χ3v) is 2.88. The van der Waals surface area contributed by atoms with E-state index in [1.807, 2.05) is 29.2 Å². The number of thioether (sulfide) groups is 1. The van der Waals surface area contributed by atoms with Crippen LogP contribution in [0, 0.1) is 0 Å². The van der Waals surface area contributed by atoms with Gasteiger partial charge in [-0.2, -0.15) is 0 Å². The minimum Gasteiger partial charge on any atom is -0.229 e. The normalized spacial score (nSPS) is 10.5. The molecule has 1 aromatic heterocycles. The second-order valence-corrected chi connectivity index (χ2v) is 4.02. The molecule has 15 heavy (non-hydrogen) atoms. The van der Waals surface area contributed by atoms with Crippen LogP contribution in [0.4, 0.5) is 0 Å². The minimum absolute atomic E-state index is 0.852. The predicted octanol–water partition coefficient (Wildman–Crippen LogP) is 2.98. The average molecular weight is 220 g/mol. The summed E-state index contributed by atoms with van der Waals surface area (Å²) >= 11 is 1.63. The van der Waals surface area contributed by atoms with Gasteiger partial charge in [0.15, 0.2) is 6.54 Å². The maximum Gasteiger partial charge on any atom is 0.263 e. The molecule has 0 saturated heterocycles. The van der Waals surface area contributed by atoms with Crippen LogP contribution in [-0.4, -0.2) is 6.26 Å². The van der Waals surface area contributed by atoms with Crippen LogP contribution in [-0.2, 0) is 6.54 Å². The van der Waals surface area contributed by atoms with Gasteiger partial charge in [0, 0.05) is 0 Å². The highest BCUT2D eigenvalue weighted by Gasteiger charge is 2.18. The highest BCUT2D eigenvalue weighted by Crippen LogP contribution is 2.22. The van der Waals surface area contributed by atoms with E-state index in [0.717, 1.165) is 17.3 Å². The van der Waals surface area contributed by atoms with Crippen LogP contribution >= 0.6 is 11.8 Å². The fourth-order valence-corrected chi connectivity index (χ4v) is 1.93. The van der Waals surface area contributed by atoms with Crippen molar-refractivity contribution in [3.63, 3.8) is 0 Å². The number of rotatable bonds is 3. The predicted molar refractivity (Wildman–Crippen MR) is 61.8 cm³/mol. The van der Waals surface area contributed by atoms with Crippen molar-refractivity contribution in [2.24, 2.45) is 0 Å². The summed E-state index contributed by atoms with van der Waals surface area (Å²) in [5.41, 5.74) is 2.34. The molecule has 0 radical (unpaired) electrons. The Morgan fingerprint density at radius 2 is 2.00 bits per heavy atom. The third kappa shape index (κ3) is 2.07. The van der Waals surface area contributed by atoms with E-state index in [2.05, 4.69) is 25.1 Å². The molecule has 0 bridgehead atoms. The van der Waals surface area contributed by atoms with Crippen molar-refractivity contribution in [2.45, 2.75) is 18.6 Å². The van der Waals surface area contributed by atoms with Gasteiger partial charge in [-0.3, -0.25) is 0 Å². The number of aryl methyl sites for hydroxylation is 1. The van der Waals surface area contributed by atoms with E-state index < -0.39 is 0 Å². The maximum absolute atomic E-state index is 5.65. The zero-order valence-corrected chi connectivity index (χ0v) is 9.75. The van der Waals surface area contributed by atoms with Gasteiger partial charge >= 0.3 is 0 Å². The summed E-state index contributed by atoms with van der Waals surface area (Å²) < 4.78 is 7.56. The smallest absolute Gasteiger partial charge is 0.229 e. The Bertz CT molecular complexity index is 436. The van der Waals surface area contributed by atoms with Gasteiger partial charge in [0.1, 0.15) is 0 Å². The topological polar surface area (TPSA) is 17.0 Å². The van der Waals surface area contributed by atoms with Crippen molar-refractivity contribution in [2.75, 3.05) is 6.26 Å². The van der Waals surface area contributed by atoms with Crippen molar-refractivity contribution in [3.8, 4) is 11.3 Å². The average Bonchev–Trinajstić information content (AvgIpc) is 2.73. The highest BCUT2D eigenvalue weighted by atomic mass is 32.2. The lowest BCUT2D eigenvalue weighted by Crippen LogP contribution is -2.31. The largest absolute Gasteiger partial charge is 0.263 e. The lowest BCUT2D eigenvalue weighted by atomic mass is 10.1. The second kappa shape index (κ2) is 4.53. The van der Waals surface area contributed by atoms with E-state index in [0.29, 0.717) is 0 Å². The summed E-state index contributed by atoms with van der Waals surface area (Å²) in [6.45, 7) is 2.94. The molecule has 0 atom stereocenters. The van der Waals surface area contributed by atoms with E-state index in [1.54, 1.807) is 11.8 Å². The molecule has 1 aromatic carbocycles. The van der Waals surface area contributed by atoms with Crippen LogP contribution in [0.3, 0.4) is 0 Å². The molecule has 0 aliphatic heterocycles. The van der Waals surface area contributed by atoms with Gasteiger partial charge in [-0.1, -0.05) is 30.0 Å². The Hall–Kier alpha value is -1.22. The van der Waals surface area contributed by atoms with Gasteiger partial charge < -0.3 is 0 Å². The second-order valence-electron chi connectivity index (χ2n) is 3.20. The summed E-state index contributed by atoms with van der Waals surface area (Å²) in [5.74, 6) is 0. The number of hydrogen-bond donors (Lipinski definition) is 0. The van der Waals surface area contributed by atoms with Crippen molar-refractivity contribution < 1.29 is 9.26 Å². The third-order valence-electron chi connectivity index (χ3n) is 2.28. The molecule has 2 rings (SSSR count). The van der Waals surface area contributed by atoms with Gasteiger partial charge in [-0.25, -0.2) is 4.52 Å². The molecule has 3 heteroatoms. The fraction of sp³-hybridized carbons (Fsp3) is 0.250. The lowest BCUT2D eigenvalue weighted by molar-refractivity contribution is -0.858. The summed E-state index contributed by atoms with van der Waals surface area (Å²) in [7, 11) is 0. The first-order chi connectivity index (χ1) is 7.35. The Labute approximate surface area is 93.9 Å². The Morgan fingerprint density at radius 1 is 1.27 bits per heavy atom. The first-order valence-electron chi connectivity index (χ1n) is 4.98. The molecular formula is C12H14NOS+. The van der Waals surface area contributed by atoms with E-state index >= 15 is 0 Å². The van der Waals surface area contributed by atoms with Crippen LogP contribution in [0.25, 0.3) is 11.3 Å². The van der Waals surface area contributed by atoms with Gasteiger partial charge in [-0.05, 0) is 30.1 Å². The Kier molecular flexibility index (Phi) is 3.11. The van der Waals surface area contributed by atoms with Crippen molar-refractivity contribution in [3.05, 3.63) is 36.4 Å². The molecule has 0 N–H and O–H groups in total. The molecule has 0 unspecified atom stereocenters. The van der Waals surface area contributed by atoms with E-state index in [4.69, 9.17) is 4.52 Å². The monoisotopic (exact) mass is 220 g/mol. The molecule has 0 spiro atoms. The molecule has 2 nitrogen and oxygen atoms in total. The maximum atomic E-state index is 5.65. The standard InChI is InChI=1S/C12H14NOS/c1-3-13-11(9-12(14-13)15-2)10-7-5-4-6-8-10/h4-9H,3H2,1-2H3/q+1. The van der Waals surface area contributed by atoms with Crippen LogP contribution in [0.2, 0.25) is 0 Å². The molecule has 78 valence electrons. The van der Waals surface area contributed by atoms with Crippen molar-refractivity contribution in [1.82, 2.24) is 0 Å². The lowest BCUT2D eigenvalue weighted by Gasteiger charge is -1.91. The SMILES string of the molecule is CC[n+]1oc(SC)cc1-c1ccccc1.